The fourth-order valence-corrected chi connectivity index (χ4v) is 7.66. The van der Waals surface area contributed by atoms with Gasteiger partial charge in [0.1, 0.15) is 5.60 Å². The maximum Gasteiger partial charge on any atom is 0.316 e. The van der Waals surface area contributed by atoms with Crippen LogP contribution in [0.5, 0.6) is 0 Å². The molecule has 0 aromatic heterocycles. The van der Waals surface area contributed by atoms with Crippen LogP contribution in [0.15, 0.2) is 23.8 Å². The SMILES string of the molecule is CC1CC2C3CCC4=CC(=O)C=CC4(C)C3(F)C(O)CC2(C)C1(O)C(=O)COC(=O)CI. The minimum absolute atomic E-state index is 0.0918. The van der Waals surface area contributed by atoms with E-state index in [0.717, 1.165) is 0 Å². The van der Waals surface area contributed by atoms with Crippen molar-refractivity contribution in [3.8, 4) is 0 Å². The molecule has 0 aromatic rings. The van der Waals surface area contributed by atoms with E-state index in [1.165, 1.54) is 12.2 Å². The maximum atomic E-state index is 17.1. The molecule has 0 radical (unpaired) electrons. The second kappa shape index (κ2) is 7.70. The van der Waals surface area contributed by atoms with Crippen molar-refractivity contribution in [3.05, 3.63) is 23.8 Å². The van der Waals surface area contributed by atoms with Gasteiger partial charge in [0, 0.05) is 16.7 Å². The van der Waals surface area contributed by atoms with Gasteiger partial charge in [0.05, 0.1) is 10.5 Å². The molecule has 0 aliphatic heterocycles. The van der Waals surface area contributed by atoms with Crippen molar-refractivity contribution in [1.82, 2.24) is 0 Å². The zero-order chi connectivity index (χ0) is 23.7. The number of carbonyl (C=O) groups is 3. The Morgan fingerprint density at radius 1 is 1.31 bits per heavy atom. The zero-order valence-electron chi connectivity index (χ0n) is 18.6. The molecule has 3 fully saturated rings. The molecule has 0 spiro atoms. The van der Waals surface area contributed by atoms with Gasteiger partial charge in [-0.05, 0) is 56.6 Å². The number of carbonyl (C=O) groups excluding carboxylic acids is 3. The van der Waals surface area contributed by atoms with Gasteiger partial charge in [0.2, 0.25) is 5.78 Å². The first-order chi connectivity index (χ1) is 14.9. The van der Waals surface area contributed by atoms with E-state index >= 15 is 4.39 Å². The summed E-state index contributed by atoms with van der Waals surface area (Å²) in [5.74, 6) is -2.73. The maximum absolute atomic E-state index is 17.1. The standard InChI is InChI=1S/C24H30FIO6/c1-13-8-17-16-5-4-14-9-15(27)6-7-21(14,2)23(16,25)18(28)10-22(17,3)24(13,31)19(29)12-32-20(30)11-26/h6-7,9,13,16-18,28,31H,4-5,8,10-12H2,1-3H3. The van der Waals surface area contributed by atoms with Crippen LogP contribution in [0.25, 0.3) is 0 Å². The van der Waals surface area contributed by atoms with Crippen molar-refractivity contribution in [2.24, 2.45) is 28.6 Å². The first-order valence-electron chi connectivity index (χ1n) is 11.1. The minimum Gasteiger partial charge on any atom is -0.457 e. The molecule has 6 nitrogen and oxygen atoms in total. The van der Waals surface area contributed by atoms with Gasteiger partial charge in [0.15, 0.2) is 18.1 Å². The van der Waals surface area contributed by atoms with Gasteiger partial charge in [-0.3, -0.25) is 14.4 Å². The lowest BCUT2D eigenvalue weighted by atomic mass is 9.44. The Hall–Kier alpha value is -1.13. The molecule has 176 valence electrons. The molecular weight excluding hydrogens is 530 g/mol. The normalized spacial score (nSPS) is 47.2. The predicted molar refractivity (Wildman–Crippen MR) is 123 cm³/mol. The van der Waals surface area contributed by atoms with Crippen molar-refractivity contribution in [2.45, 2.75) is 63.8 Å². The molecule has 3 saturated carbocycles. The van der Waals surface area contributed by atoms with E-state index in [1.807, 2.05) is 22.6 Å². The van der Waals surface area contributed by atoms with E-state index in [2.05, 4.69) is 0 Å². The van der Waals surface area contributed by atoms with E-state index in [0.29, 0.717) is 24.8 Å². The summed E-state index contributed by atoms with van der Waals surface area (Å²) in [5, 5.41) is 23.0. The highest BCUT2D eigenvalue weighted by Gasteiger charge is 2.75. The number of aliphatic hydroxyl groups is 2. The molecule has 4 aliphatic rings. The Morgan fingerprint density at radius 3 is 2.66 bits per heavy atom. The largest absolute Gasteiger partial charge is 0.457 e. The van der Waals surface area contributed by atoms with Crippen LogP contribution in [0.1, 0.15) is 46.5 Å². The van der Waals surface area contributed by atoms with Gasteiger partial charge < -0.3 is 14.9 Å². The number of halogens is 2. The lowest BCUT2D eigenvalue weighted by molar-refractivity contribution is -0.219. The third kappa shape index (κ3) is 2.90. The Kier molecular flexibility index (Phi) is 5.78. The first kappa shape index (κ1) is 24.0. The van der Waals surface area contributed by atoms with Gasteiger partial charge in [-0.1, -0.05) is 48.1 Å². The summed E-state index contributed by atoms with van der Waals surface area (Å²) >= 11 is 1.84. The van der Waals surface area contributed by atoms with Crippen molar-refractivity contribution in [1.29, 1.82) is 0 Å². The Morgan fingerprint density at radius 2 is 2.00 bits per heavy atom. The Labute approximate surface area is 200 Å². The molecule has 8 atom stereocenters. The third-order valence-electron chi connectivity index (χ3n) is 9.12. The summed E-state index contributed by atoms with van der Waals surface area (Å²) < 4.78 is 22.2. The van der Waals surface area contributed by atoms with Crippen LogP contribution in [0.2, 0.25) is 0 Å². The average molecular weight is 560 g/mol. The number of ether oxygens (including phenoxy) is 1. The van der Waals surface area contributed by atoms with E-state index < -0.39 is 58.4 Å². The minimum atomic E-state index is -2.01. The highest BCUT2D eigenvalue weighted by atomic mass is 127. The van der Waals surface area contributed by atoms with Gasteiger partial charge >= 0.3 is 5.97 Å². The zero-order valence-corrected chi connectivity index (χ0v) is 20.7. The molecular formula is C24H30FIO6. The number of hydrogen-bond acceptors (Lipinski definition) is 6. The van der Waals surface area contributed by atoms with Crippen LogP contribution in [-0.2, 0) is 19.1 Å². The lowest BCUT2D eigenvalue weighted by Crippen LogP contribution is -2.69. The quantitative estimate of drug-likeness (QED) is 0.312. The number of alkyl halides is 2. The second-order valence-electron chi connectivity index (χ2n) is 10.4. The molecule has 0 amide bonds. The van der Waals surface area contributed by atoms with Crippen LogP contribution < -0.4 is 0 Å². The fraction of sp³-hybridized carbons (Fsp3) is 0.708. The summed E-state index contributed by atoms with van der Waals surface area (Å²) in [6, 6.07) is 0. The molecule has 0 aromatic carbocycles. The summed E-state index contributed by atoms with van der Waals surface area (Å²) in [6.45, 7) is 4.72. The number of ketones is 2. The predicted octanol–water partition coefficient (Wildman–Crippen LogP) is 2.88. The molecule has 0 saturated heterocycles. The van der Waals surface area contributed by atoms with Gasteiger partial charge in [-0.15, -0.1) is 0 Å². The van der Waals surface area contributed by atoms with Crippen LogP contribution in [0, 0.1) is 28.6 Å². The fourth-order valence-electron chi connectivity index (χ4n) is 7.44. The summed E-state index contributed by atoms with van der Waals surface area (Å²) in [7, 11) is 0. The number of rotatable bonds is 4. The monoisotopic (exact) mass is 560 g/mol. The highest BCUT2D eigenvalue weighted by molar-refractivity contribution is 14.1. The lowest BCUT2D eigenvalue weighted by Gasteiger charge is -2.62. The average Bonchev–Trinajstić information content (AvgIpc) is 2.94. The number of Topliss-reactive ketones (excluding diaryl/α,β-unsaturated/α-hetero) is 1. The second-order valence-corrected chi connectivity index (χ2v) is 11.1. The third-order valence-corrected chi connectivity index (χ3v) is 9.74. The number of fused-ring (bicyclic) bond motifs is 5. The van der Waals surface area contributed by atoms with E-state index in [9.17, 15) is 24.6 Å². The summed E-state index contributed by atoms with van der Waals surface area (Å²) in [5.41, 5.74) is -5.34. The number of esters is 1. The molecule has 4 rings (SSSR count). The molecule has 32 heavy (non-hydrogen) atoms. The van der Waals surface area contributed by atoms with E-state index in [-0.39, 0.29) is 22.5 Å². The molecule has 8 heteroatoms. The van der Waals surface area contributed by atoms with Gasteiger partial charge in [0.25, 0.3) is 0 Å². The summed E-state index contributed by atoms with van der Waals surface area (Å²) in [4.78, 5) is 36.7. The van der Waals surface area contributed by atoms with Gasteiger partial charge in [-0.25, -0.2) is 4.39 Å². The molecule has 0 bridgehead atoms. The number of hydrogen-bond donors (Lipinski definition) is 2. The van der Waals surface area contributed by atoms with Crippen molar-refractivity contribution >= 4 is 40.1 Å². The van der Waals surface area contributed by atoms with Crippen LogP contribution in [-0.4, -0.2) is 56.2 Å². The van der Waals surface area contributed by atoms with Crippen LogP contribution in [0.3, 0.4) is 0 Å². The molecule has 0 heterocycles. The van der Waals surface area contributed by atoms with Crippen molar-refractivity contribution in [3.63, 3.8) is 0 Å². The van der Waals surface area contributed by atoms with Crippen molar-refractivity contribution in [2.75, 3.05) is 11.0 Å². The van der Waals surface area contributed by atoms with E-state index in [1.54, 1.807) is 26.8 Å². The number of aliphatic hydroxyl groups excluding tert-OH is 1. The molecule has 8 unspecified atom stereocenters. The number of allylic oxidation sites excluding steroid dienone is 4. The molecule has 2 N–H and O–H groups in total. The Bertz CT molecular complexity index is 931. The van der Waals surface area contributed by atoms with Crippen LogP contribution in [0.4, 0.5) is 4.39 Å². The van der Waals surface area contributed by atoms with E-state index in [4.69, 9.17) is 4.74 Å². The van der Waals surface area contributed by atoms with Crippen molar-refractivity contribution < 1.29 is 33.7 Å². The Balaban J connectivity index is 1.73. The van der Waals surface area contributed by atoms with Crippen LogP contribution >= 0.6 is 22.6 Å². The first-order valence-corrected chi connectivity index (χ1v) is 12.7. The smallest absolute Gasteiger partial charge is 0.316 e. The highest BCUT2D eigenvalue weighted by Crippen LogP contribution is 2.70. The van der Waals surface area contributed by atoms with Gasteiger partial charge in [-0.2, -0.15) is 0 Å². The molecule has 4 aliphatic carbocycles. The summed E-state index contributed by atoms with van der Waals surface area (Å²) in [6.07, 6.45) is 4.29. The topological polar surface area (TPSA) is 101 Å².